The van der Waals surface area contributed by atoms with Gasteiger partial charge >= 0.3 is 5.97 Å². The van der Waals surface area contributed by atoms with Crippen LogP contribution in [0.1, 0.15) is 46.5 Å². The lowest BCUT2D eigenvalue weighted by Crippen LogP contribution is -2.64. The number of β-lactam (4-membered cyclic amide) rings is 1. The summed E-state index contributed by atoms with van der Waals surface area (Å²) in [7, 11) is 1.11. The van der Waals surface area contributed by atoms with E-state index in [9.17, 15) is 9.59 Å². The number of fused-ring (bicyclic) bond motifs is 1. The van der Waals surface area contributed by atoms with Crippen molar-refractivity contribution in [1.29, 1.82) is 0 Å². The Morgan fingerprint density at radius 3 is 2.20 bits per heavy atom. The molecule has 0 aromatic heterocycles. The van der Waals surface area contributed by atoms with Crippen LogP contribution in [0.4, 0.5) is 0 Å². The number of rotatable bonds is 8. The number of benzene rings is 3. The van der Waals surface area contributed by atoms with E-state index < -0.39 is 66.2 Å². The van der Waals surface area contributed by atoms with Gasteiger partial charge in [0.15, 0.2) is 12.1 Å². The molecule has 0 N–H and O–H groups in total. The maximum Gasteiger partial charge on any atom is 0.356 e. The van der Waals surface area contributed by atoms with Crippen molar-refractivity contribution in [2.75, 3.05) is 32.3 Å². The maximum absolute atomic E-state index is 14.4. The smallest absolute Gasteiger partial charge is 0.356 e. The van der Waals surface area contributed by atoms with Gasteiger partial charge in [0, 0.05) is 35.8 Å². The Bertz CT molecular complexity index is 1710. The number of thioether (sulfide) groups is 1. The number of likely N-dealkylation sites (N-methyl/N-ethyl adjacent to an activating group) is 1. The van der Waals surface area contributed by atoms with E-state index in [2.05, 4.69) is 4.99 Å². The van der Waals surface area contributed by atoms with Gasteiger partial charge in [-0.1, -0.05) is 91.0 Å². The molecule has 0 aliphatic carbocycles. The number of nitrogens with zero attached hydrogens (tertiary/aromatic N) is 3. The minimum atomic E-state index is -3.24. The van der Waals surface area contributed by atoms with E-state index in [1.807, 2.05) is 42.5 Å². The second-order valence-corrected chi connectivity index (χ2v) is 11.0. The van der Waals surface area contributed by atoms with Crippen LogP contribution in [0.2, 0.25) is 0 Å². The standard InChI is InChI=1S/C33H34N3O3S/c1-36(19-11-12-20-36)22-27-23-40-32-28(34-21-24-13-5-2-6-14-24)31(37)35(32)29(27)33(38)39-30(25-15-7-3-8-16-25)26-17-9-4-10-18-26/h2-10,13-18,21,28,30,32H,11-12,19-20,22-23H2,1H3/q+1/t28-,32-/m1/s1/i11D2,12D2,19D2,20D2. The van der Waals surface area contributed by atoms with Crippen LogP contribution in [-0.2, 0) is 14.3 Å². The van der Waals surface area contributed by atoms with Gasteiger partial charge in [-0.25, -0.2) is 4.79 Å². The Balaban J connectivity index is 1.43. The summed E-state index contributed by atoms with van der Waals surface area (Å²) < 4.78 is 73.2. The van der Waals surface area contributed by atoms with Crippen molar-refractivity contribution < 1.29 is 29.8 Å². The molecule has 3 aliphatic rings. The Morgan fingerprint density at radius 2 is 1.60 bits per heavy atom. The van der Waals surface area contributed by atoms with E-state index in [0.717, 1.165) is 12.6 Å². The fraction of sp³-hybridized carbons (Fsp3) is 0.303. The Hall–Kier alpha value is -3.68. The van der Waals surface area contributed by atoms with Crippen LogP contribution in [0.3, 0.4) is 0 Å². The van der Waals surface area contributed by atoms with Gasteiger partial charge < -0.3 is 9.22 Å². The van der Waals surface area contributed by atoms with Gasteiger partial charge in [0.2, 0.25) is 0 Å². The zero-order chi connectivity index (χ0) is 34.7. The fourth-order valence-electron chi connectivity index (χ4n) is 5.02. The van der Waals surface area contributed by atoms with Crippen LogP contribution >= 0.6 is 11.8 Å². The summed E-state index contributed by atoms with van der Waals surface area (Å²) in [5.74, 6) is -1.35. The number of carbonyl (C=O) groups is 2. The molecule has 3 aromatic rings. The van der Waals surface area contributed by atoms with Crippen molar-refractivity contribution in [2.45, 2.75) is 30.3 Å². The number of hydrogen-bond donors (Lipinski definition) is 0. The summed E-state index contributed by atoms with van der Waals surface area (Å²) >= 11 is 1.27. The highest BCUT2D eigenvalue weighted by molar-refractivity contribution is 8.00. The van der Waals surface area contributed by atoms with Gasteiger partial charge in [0.25, 0.3) is 5.91 Å². The van der Waals surface area contributed by atoms with Crippen molar-refractivity contribution in [2.24, 2.45) is 4.99 Å². The zero-order valence-corrected chi connectivity index (χ0v) is 22.7. The lowest BCUT2D eigenvalue weighted by atomic mass is 10.0. The molecule has 204 valence electrons. The van der Waals surface area contributed by atoms with Crippen LogP contribution in [0.15, 0.2) is 107 Å². The van der Waals surface area contributed by atoms with Gasteiger partial charge in [-0.3, -0.25) is 14.7 Å². The molecule has 2 saturated heterocycles. The van der Waals surface area contributed by atoms with Crippen molar-refractivity contribution in [3.8, 4) is 0 Å². The molecule has 3 aromatic carbocycles. The van der Waals surface area contributed by atoms with Crippen LogP contribution in [0.5, 0.6) is 0 Å². The van der Waals surface area contributed by atoms with E-state index in [4.69, 9.17) is 15.7 Å². The highest BCUT2D eigenvalue weighted by atomic mass is 32.2. The molecule has 40 heavy (non-hydrogen) atoms. The summed E-state index contributed by atoms with van der Waals surface area (Å²) in [6.07, 6.45) is -5.77. The van der Waals surface area contributed by atoms with E-state index in [-0.39, 0.29) is 17.0 Å². The van der Waals surface area contributed by atoms with Crippen molar-refractivity contribution in [1.82, 2.24) is 4.90 Å². The number of likely N-dealkylation sites (tertiary alicyclic amines) is 1. The van der Waals surface area contributed by atoms with Gasteiger partial charge in [0.1, 0.15) is 17.6 Å². The van der Waals surface area contributed by atoms with E-state index in [0.29, 0.717) is 11.1 Å². The molecule has 6 rings (SSSR count). The number of amides is 1. The summed E-state index contributed by atoms with van der Waals surface area (Å²) in [4.78, 5) is 33.9. The number of carbonyl (C=O) groups excluding carboxylic acids is 2. The maximum atomic E-state index is 14.4. The van der Waals surface area contributed by atoms with Gasteiger partial charge in [0.05, 0.1) is 25.5 Å². The first-order chi connectivity index (χ1) is 22.6. The number of ether oxygens (including phenoxy) is 1. The number of hydrogen-bond acceptors (Lipinski definition) is 5. The average molecular weight is 561 g/mol. The molecule has 6 nitrogen and oxygen atoms in total. The molecule has 2 fully saturated rings. The quantitative estimate of drug-likeness (QED) is 0.164. The topological polar surface area (TPSA) is 59.0 Å². The fourth-order valence-corrected chi connectivity index (χ4v) is 6.35. The van der Waals surface area contributed by atoms with Crippen molar-refractivity contribution >= 4 is 29.9 Å². The highest BCUT2D eigenvalue weighted by Crippen LogP contribution is 2.43. The average Bonchev–Trinajstić information content (AvgIpc) is 3.12. The molecule has 0 spiro atoms. The predicted octanol–water partition coefficient (Wildman–Crippen LogP) is 5.22. The Kier molecular flexibility index (Phi) is 5.32. The molecule has 0 unspecified atom stereocenters. The zero-order valence-electron chi connectivity index (χ0n) is 29.9. The molecule has 0 bridgehead atoms. The largest absolute Gasteiger partial charge is 0.448 e. The van der Waals surface area contributed by atoms with Crippen LogP contribution in [0, 0.1) is 0 Å². The van der Waals surface area contributed by atoms with Gasteiger partial charge in [-0.05, 0) is 16.7 Å². The van der Waals surface area contributed by atoms with Crippen molar-refractivity contribution in [3.05, 3.63) is 119 Å². The minimum absolute atomic E-state index is 0.0452. The first-order valence-corrected chi connectivity index (χ1v) is 14.0. The molecular weight excluding hydrogens is 518 g/mol. The van der Waals surface area contributed by atoms with Gasteiger partial charge in [-0.2, -0.15) is 0 Å². The lowest BCUT2D eigenvalue weighted by Gasteiger charge is -2.48. The molecule has 3 heterocycles. The molecule has 3 aliphatic heterocycles. The molecule has 7 heteroatoms. The molecule has 2 atom stereocenters. The van der Waals surface area contributed by atoms with E-state index in [1.165, 1.54) is 16.7 Å². The summed E-state index contributed by atoms with van der Waals surface area (Å²) in [5, 5.41) is -0.606. The lowest BCUT2D eigenvalue weighted by molar-refractivity contribution is -0.893. The molecule has 1 amide bonds. The van der Waals surface area contributed by atoms with Crippen LogP contribution in [0.25, 0.3) is 0 Å². The second-order valence-electron chi connectivity index (χ2n) is 9.93. The third-order valence-corrected chi connectivity index (χ3v) is 8.33. The van der Waals surface area contributed by atoms with Crippen LogP contribution in [-0.4, -0.2) is 71.2 Å². The molecule has 0 saturated carbocycles. The SMILES string of the molecule is [2H]C1([2H])C([2H])([2H])C([2H])([2H])[N+](C)(CC2=C(C(=O)OC(c3ccccc3)c3ccccc3)N3C(=O)[C@@H](N=Cc4ccccc4)[C@H]3SC2)C1([2H])[2H]. The monoisotopic (exact) mass is 560 g/mol. The summed E-state index contributed by atoms with van der Waals surface area (Å²) in [6, 6.07) is 26.4. The summed E-state index contributed by atoms with van der Waals surface area (Å²) in [6.45, 7) is -6.74. The number of quaternary nitrogens is 1. The third kappa shape index (κ3) is 5.36. The Morgan fingerprint density at radius 1 is 1.02 bits per heavy atom. The van der Waals surface area contributed by atoms with E-state index in [1.54, 1.807) is 54.7 Å². The second kappa shape index (κ2) is 11.4. The normalized spacial score (nSPS) is 29.9. The first-order valence-electron chi connectivity index (χ1n) is 17.0. The minimum Gasteiger partial charge on any atom is -0.448 e. The highest BCUT2D eigenvalue weighted by Gasteiger charge is 2.54. The predicted molar refractivity (Wildman–Crippen MR) is 159 cm³/mol. The summed E-state index contributed by atoms with van der Waals surface area (Å²) in [5.41, 5.74) is 2.06. The van der Waals surface area contributed by atoms with Crippen LogP contribution < -0.4 is 0 Å². The molecular formula is C33H34N3O3S+. The van der Waals surface area contributed by atoms with Gasteiger partial charge in [-0.15, -0.1) is 11.8 Å². The Labute approximate surface area is 251 Å². The number of esters is 1. The van der Waals surface area contributed by atoms with Crippen molar-refractivity contribution in [3.63, 3.8) is 0 Å². The first kappa shape index (κ1) is 18.6. The molecule has 0 radical (unpaired) electrons. The third-order valence-electron chi connectivity index (χ3n) is 7.00. The number of aliphatic imine (C=N–C) groups is 1. The van der Waals surface area contributed by atoms with E-state index >= 15 is 0 Å².